The first-order valence-corrected chi connectivity index (χ1v) is 6.21. The normalized spacial score (nSPS) is 10.4. The first-order chi connectivity index (χ1) is 8.49. The van der Waals surface area contributed by atoms with Gasteiger partial charge in [-0.15, -0.1) is 0 Å². The maximum absolute atomic E-state index is 12.1. The van der Waals surface area contributed by atoms with Crippen molar-refractivity contribution in [1.82, 2.24) is 14.8 Å². The molecule has 0 radical (unpaired) electrons. The number of hydrogen-bond donors (Lipinski definition) is 1. The highest BCUT2D eigenvalue weighted by Crippen LogP contribution is 2.15. The van der Waals surface area contributed by atoms with Gasteiger partial charge in [-0.3, -0.25) is 9.48 Å². The third-order valence-electron chi connectivity index (χ3n) is 2.71. The zero-order valence-corrected chi connectivity index (χ0v) is 11.9. The van der Waals surface area contributed by atoms with E-state index in [1.807, 2.05) is 27.0 Å². The van der Waals surface area contributed by atoms with E-state index in [0.29, 0.717) is 17.1 Å². The van der Waals surface area contributed by atoms with Crippen LogP contribution in [0.5, 0.6) is 0 Å². The van der Waals surface area contributed by atoms with Crippen LogP contribution in [0, 0.1) is 13.8 Å². The van der Waals surface area contributed by atoms with Crippen molar-refractivity contribution in [3.63, 3.8) is 0 Å². The van der Waals surface area contributed by atoms with E-state index in [1.165, 1.54) is 0 Å². The number of pyridine rings is 1. The van der Waals surface area contributed by atoms with Gasteiger partial charge in [0.15, 0.2) is 0 Å². The van der Waals surface area contributed by atoms with Crippen LogP contribution in [0.15, 0.2) is 22.8 Å². The van der Waals surface area contributed by atoms with Gasteiger partial charge in [-0.1, -0.05) is 0 Å². The molecule has 5 nitrogen and oxygen atoms in total. The lowest BCUT2D eigenvalue weighted by Gasteiger charge is -2.04. The van der Waals surface area contributed by atoms with E-state index in [4.69, 9.17) is 0 Å². The molecule has 94 valence electrons. The van der Waals surface area contributed by atoms with Crippen LogP contribution in [-0.2, 0) is 7.05 Å². The Hall–Kier alpha value is -1.69. The third kappa shape index (κ3) is 2.43. The molecule has 1 amide bonds. The molecule has 0 unspecified atom stereocenters. The minimum absolute atomic E-state index is 0.187. The topological polar surface area (TPSA) is 59.8 Å². The van der Waals surface area contributed by atoms with Gasteiger partial charge in [-0.05, 0) is 41.9 Å². The Morgan fingerprint density at radius 2 is 2.11 bits per heavy atom. The molecule has 18 heavy (non-hydrogen) atoms. The maximum atomic E-state index is 12.1. The molecule has 6 heteroatoms. The van der Waals surface area contributed by atoms with Crippen LogP contribution >= 0.6 is 15.9 Å². The molecule has 2 aromatic heterocycles. The first-order valence-electron chi connectivity index (χ1n) is 5.42. The smallest absolute Gasteiger partial charge is 0.260 e. The number of carbonyl (C=O) groups excluding carboxylic acids is 1. The highest BCUT2D eigenvalue weighted by Gasteiger charge is 2.17. The summed E-state index contributed by atoms with van der Waals surface area (Å²) in [6.07, 6.45) is 1.64. The number of aromatic nitrogens is 3. The molecule has 2 heterocycles. The fraction of sp³-hybridized carbons (Fsp3) is 0.250. The number of anilines is 1. The van der Waals surface area contributed by atoms with Crippen molar-refractivity contribution in [3.05, 3.63) is 39.8 Å². The van der Waals surface area contributed by atoms with Gasteiger partial charge < -0.3 is 5.32 Å². The molecule has 0 fully saturated rings. The third-order valence-corrected chi connectivity index (χ3v) is 3.17. The summed E-state index contributed by atoms with van der Waals surface area (Å²) in [5.41, 5.74) is 2.15. The molecule has 1 N–H and O–H groups in total. The number of nitrogens with zero attached hydrogens (tertiary/aromatic N) is 3. The van der Waals surface area contributed by atoms with Gasteiger partial charge in [-0.2, -0.15) is 5.10 Å². The van der Waals surface area contributed by atoms with Gasteiger partial charge >= 0.3 is 0 Å². The van der Waals surface area contributed by atoms with Crippen LogP contribution in [0.1, 0.15) is 21.7 Å². The minimum Gasteiger partial charge on any atom is -0.306 e. The minimum atomic E-state index is -0.187. The van der Waals surface area contributed by atoms with Crippen molar-refractivity contribution in [1.29, 1.82) is 0 Å². The summed E-state index contributed by atoms with van der Waals surface area (Å²) in [7, 11) is 1.82. The van der Waals surface area contributed by atoms with Crippen LogP contribution in [0.4, 0.5) is 5.82 Å². The largest absolute Gasteiger partial charge is 0.306 e. The van der Waals surface area contributed by atoms with E-state index in [-0.39, 0.29) is 5.91 Å². The van der Waals surface area contributed by atoms with E-state index >= 15 is 0 Å². The second-order valence-electron chi connectivity index (χ2n) is 3.99. The van der Waals surface area contributed by atoms with E-state index < -0.39 is 0 Å². The van der Waals surface area contributed by atoms with Crippen LogP contribution in [-0.4, -0.2) is 20.7 Å². The summed E-state index contributed by atoms with van der Waals surface area (Å²) in [5, 5.41) is 6.97. The van der Waals surface area contributed by atoms with Crippen molar-refractivity contribution >= 4 is 27.7 Å². The summed E-state index contributed by atoms with van der Waals surface area (Å²) in [5.74, 6) is 0.332. The second kappa shape index (κ2) is 4.89. The number of aryl methyl sites for hydroxylation is 2. The Morgan fingerprint density at radius 3 is 2.61 bits per heavy atom. The number of hydrogen-bond acceptors (Lipinski definition) is 3. The Kier molecular flexibility index (Phi) is 3.47. The molecular weight excluding hydrogens is 296 g/mol. The van der Waals surface area contributed by atoms with Crippen LogP contribution in [0.3, 0.4) is 0 Å². The van der Waals surface area contributed by atoms with Crippen LogP contribution < -0.4 is 5.32 Å². The molecule has 0 atom stereocenters. The lowest BCUT2D eigenvalue weighted by atomic mass is 10.2. The predicted molar refractivity (Wildman–Crippen MR) is 72.6 cm³/mol. The van der Waals surface area contributed by atoms with Gasteiger partial charge in [0.25, 0.3) is 5.91 Å². The summed E-state index contributed by atoms with van der Waals surface area (Å²) in [4.78, 5) is 16.2. The molecule has 0 saturated carbocycles. The molecule has 0 spiro atoms. The van der Waals surface area contributed by atoms with Crippen molar-refractivity contribution in [2.75, 3.05) is 5.32 Å². The summed E-state index contributed by atoms with van der Waals surface area (Å²) >= 11 is 3.29. The molecule has 0 aromatic carbocycles. The van der Waals surface area contributed by atoms with Crippen molar-refractivity contribution in [3.8, 4) is 0 Å². The van der Waals surface area contributed by atoms with Crippen LogP contribution in [0.25, 0.3) is 0 Å². The number of nitrogens with one attached hydrogen (secondary N) is 1. The lowest BCUT2D eigenvalue weighted by Crippen LogP contribution is -2.14. The zero-order chi connectivity index (χ0) is 13.3. The quantitative estimate of drug-likeness (QED) is 0.927. The second-order valence-corrected chi connectivity index (χ2v) is 4.90. The Labute approximate surface area is 113 Å². The Morgan fingerprint density at radius 1 is 1.39 bits per heavy atom. The van der Waals surface area contributed by atoms with E-state index in [1.54, 1.807) is 16.9 Å². The number of carbonyl (C=O) groups is 1. The van der Waals surface area contributed by atoms with E-state index in [9.17, 15) is 4.79 Å². The van der Waals surface area contributed by atoms with Gasteiger partial charge in [0, 0.05) is 23.4 Å². The van der Waals surface area contributed by atoms with Gasteiger partial charge in [0.05, 0.1) is 11.3 Å². The average Bonchev–Trinajstić information content (AvgIpc) is 2.56. The average molecular weight is 309 g/mol. The fourth-order valence-electron chi connectivity index (χ4n) is 1.73. The zero-order valence-electron chi connectivity index (χ0n) is 10.4. The molecule has 0 saturated heterocycles. The van der Waals surface area contributed by atoms with Crippen molar-refractivity contribution in [2.24, 2.45) is 7.05 Å². The Bertz CT molecular complexity index is 589. The van der Waals surface area contributed by atoms with Crippen molar-refractivity contribution < 1.29 is 4.79 Å². The highest BCUT2D eigenvalue weighted by molar-refractivity contribution is 9.10. The highest BCUT2D eigenvalue weighted by atomic mass is 79.9. The molecule has 0 aliphatic carbocycles. The molecule has 2 rings (SSSR count). The number of amides is 1. The van der Waals surface area contributed by atoms with E-state index in [2.05, 4.69) is 31.3 Å². The number of halogens is 1. The van der Waals surface area contributed by atoms with Gasteiger partial charge in [0.2, 0.25) is 0 Å². The monoisotopic (exact) mass is 308 g/mol. The van der Waals surface area contributed by atoms with Crippen LogP contribution in [0.2, 0.25) is 0 Å². The first kappa shape index (κ1) is 12.8. The standard InChI is InChI=1S/C12H13BrN4O/c1-7-11(8(2)17(3)16-7)12(18)15-10-5-4-9(13)6-14-10/h4-6H,1-3H3,(H,14,15,18). The SMILES string of the molecule is Cc1nn(C)c(C)c1C(=O)Nc1ccc(Br)cn1. The molecule has 2 aromatic rings. The predicted octanol–water partition coefficient (Wildman–Crippen LogP) is 2.45. The van der Waals surface area contributed by atoms with E-state index in [0.717, 1.165) is 10.2 Å². The molecular formula is C12H13BrN4O. The number of rotatable bonds is 2. The molecule has 0 bridgehead atoms. The summed E-state index contributed by atoms with van der Waals surface area (Å²) in [6, 6.07) is 3.56. The van der Waals surface area contributed by atoms with Gasteiger partial charge in [-0.25, -0.2) is 4.98 Å². The summed E-state index contributed by atoms with van der Waals surface area (Å²) in [6.45, 7) is 3.68. The summed E-state index contributed by atoms with van der Waals surface area (Å²) < 4.78 is 2.56. The fourth-order valence-corrected chi connectivity index (χ4v) is 1.97. The maximum Gasteiger partial charge on any atom is 0.260 e. The lowest BCUT2D eigenvalue weighted by molar-refractivity contribution is 0.102. The van der Waals surface area contributed by atoms with Crippen molar-refractivity contribution in [2.45, 2.75) is 13.8 Å². The van der Waals surface area contributed by atoms with Gasteiger partial charge in [0.1, 0.15) is 5.82 Å². The molecule has 0 aliphatic heterocycles. The molecule has 0 aliphatic rings. The Balaban J connectivity index is 2.24.